The number of benzene rings is 1. The Morgan fingerprint density at radius 1 is 1.53 bits per heavy atom. The van der Waals surface area contributed by atoms with Crippen molar-refractivity contribution in [3.8, 4) is 5.75 Å². The van der Waals surface area contributed by atoms with Gasteiger partial charge in [-0.2, -0.15) is 0 Å². The van der Waals surface area contributed by atoms with E-state index in [0.717, 1.165) is 0 Å². The minimum absolute atomic E-state index is 0.0178. The summed E-state index contributed by atoms with van der Waals surface area (Å²) in [4.78, 5) is 11.0. The zero-order chi connectivity index (χ0) is 12.8. The van der Waals surface area contributed by atoms with E-state index in [2.05, 4.69) is 4.74 Å². The van der Waals surface area contributed by atoms with Crippen LogP contribution in [0.5, 0.6) is 5.75 Å². The van der Waals surface area contributed by atoms with Crippen LogP contribution in [0.4, 0.5) is 4.39 Å². The van der Waals surface area contributed by atoms with Gasteiger partial charge in [0.15, 0.2) is 11.6 Å². The number of carbonyl (C=O) groups excluding carboxylic acids is 1. The topological polar surface area (TPSA) is 61.5 Å². The number of hydrogen-bond donors (Lipinski definition) is 1. The quantitative estimate of drug-likeness (QED) is 0.798. The highest BCUT2D eigenvalue weighted by atomic mass is 19.1. The molecule has 0 aliphatic rings. The van der Waals surface area contributed by atoms with Crippen molar-refractivity contribution in [2.75, 3.05) is 13.7 Å². The zero-order valence-corrected chi connectivity index (χ0v) is 9.90. The smallest absolute Gasteiger partial charge is 0.307 e. The molecule has 1 rings (SSSR count). The molecule has 2 N–H and O–H groups in total. The maximum Gasteiger partial charge on any atom is 0.307 e. The van der Waals surface area contributed by atoms with E-state index in [1.807, 2.05) is 0 Å². The first kappa shape index (κ1) is 13.4. The summed E-state index contributed by atoms with van der Waals surface area (Å²) in [5.74, 6) is -0.724. The van der Waals surface area contributed by atoms with Gasteiger partial charge in [0.2, 0.25) is 0 Å². The van der Waals surface area contributed by atoms with Crippen LogP contribution in [0.25, 0.3) is 0 Å². The number of esters is 1. The van der Waals surface area contributed by atoms with Gasteiger partial charge < -0.3 is 15.2 Å². The summed E-state index contributed by atoms with van der Waals surface area (Å²) in [5.41, 5.74) is 6.29. The number of rotatable bonds is 5. The standard InChI is InChI=1S/C12H16FNO3/c1-3-17-11-5-4-8(6-9(11)13)10(14)7-12(15)16-2/h4-6,10H,3,7,14H2,1-2H3. The molecule has 0 heterocycles. The average molecular weight is 241 g/mol. The fraction of sp³-hybridized carbons (Fsp3) is 0.417. The first-order valence-corrected chi connectivity index (χ1v) is 5.33. The van der Waals surface area contributed by atoms with Gasteiger partial charge in [0.05, 0.1) is 20.1 Å². The van der Waals surface area contributed by atoms with Crippen LogP contribution in [0.15, 0.2) is 18.2 Å². The Bertz CT molecular complexity index is 395. The van der Waals surface area contributed by atoms with Crippen molar-refractivity contribution < 1.29 is 18.7 Å². The number of methoxy groups -OCH3 is 1. The molecule has 0 aliphatic carbocycles. The second kappa shape index (κ2) is 6.20. The average Bonchev–Trinajstić information content (AvgIpc) is 2.31. The maximum atomic E-state index is 13.5. The molecule has 0 aromatic heterocycles. The van der Waals surface area contributed by atoms with Gasteiger partial charge in [-0.05, 0) is 24.6 Å². The van der Waals surface area contributed by atoms with E-state index in [1.54, 1.807) is 13.0 Å². The molecule has 0 bridgehead atoms. The zero-order valence-electron chi connectivity index (χ0n) is 9.90. The second-order valence-corrected chi connectivity index (χ2v) is 3.51. The number of hydrogen-bond acceptors (Lipinski definition) is 4. The SMILES string of the molecule is CCOc1ccc(C(N)CC(=O)OC)cc1F. The molecule has 0 radical (unpaired) electrons. The molecule has 0 aliphatic heterocycles. The Labute approximate surface area is 99.5 Å². The molecule has 1 atom stereocenters. The van der Waals surface area contributed by atoms with Crippen LogP contribution in [0.3, 0.4) is 0 Å². The van der Waals surface area contributed by atoms with E-state index >= 15 is 0 Å². The second-order valence-electron chi connectivity index (χ2n) is 3.51. The van der Waals surface area contributed by atoms with Gasteiger partial charge in [0.1, 0.15) is 0 Å². The number of nitrogens with two attached hydrogens (primary N) is 1. The first-order valence-electron chi connectivity index (χ1n) is 5.33. The van der Waals surface area contributed by atoms with E-state index < -0.39 is 17.8 Å². The third-order valence-electron chi connectivity index (χ3n) is 2.30. The lowest BCUT2D eigenvalue weighted by Gasteiger charge is -2.12. The van der Waals surface area contributed by atoms with Crippen molar-refractivity contribution in [2.24, 2.45) is 5.73 Å². The molecule has 0 saturated carbocycles. The predicted molar refractivity (Wildman–Crippen MR) is 61.1 cm³/mol. The van der Waals surface area contributed by atoms with Gasteiger partial charge in [0, 0.05) is 6.04 Å². The van der Waals surface area contributed by atoms with E-state index in [4.69, 9.17) is 10.5 Å². The normalized spacial score (nSPS) is 12.0. The first-order chi connectivity index (χ1) is 8.08. The highest BCUT2D eigenvalue weighted by molar-refractivity contribution is 5.70. The van der Waals surface area contributed by atoms with Crippen molar-refractivity contribution >= 4 is 5.97 Å². The van der Waals surface area contributed by atoms with Gasteiger partial charge >= 0.3 is 5.97 Å². The van der Waals surface area contributed by atoms with Crippen molar-refractivity contribution in [3.63, 3.8) is 0 Å². The number of ether oxygens (including phenoxy) is 2. The summed E-state index contributed by atoms with van der Waals surface area (Å²) in [7, 11) is 1.29. The summed E-state index contributed by atoms with van der Waals surface area (Å²) in [6.07, 6.45) is 0.0178. The fourth-order valence-electron chi connectivity index (χ4n) is 1.40. The molecule has 4 nitrogen and oxygen atoms in total. The summed E-state index contributed by atoms with van der Waals surface area (Å²) in [5, 5.41) is 0. The molecule has 1 unspecified atom stereocenters. The van der Waals surface area contributed by atoms with E-state index in [9.17, 15) is 9.18 Å². The Balaban J connectivity index is 2.78. The van der Waals surface area contributed by atoms with Crippen molar-refractivity contribution in [1.29, 1.82) is 0 Å². The van der Waals surface area contributed by atoms with Crippen LogP contribution in [0.1, 0.15) is 24.9 Å². The van der Waals surface area contributed by atoms with Crippen LogP contribution >= 0.6 is 0 Å². The lowest BCUT2D eigenvalue weighted by molar-refractivity contribution is -0.141. The molecular weight excluding hydrogens is 225 g/mol. The van der Waals surface area contributed by atoms with Crippen LogP contribution < -0.4 is 10.5 Å². The van der Waals surface area contributed by atoms with Crippen LogP contribution in [0, 0.1) is 5.82 Å². The van der Waals surface area contributed by atoms with E-state index in [-0.39, 0.29) is 12.2 Å². The van der Waals surface area contributed by atoms with Crippen molar-refractivity contribution in [3.05, 3.63) is 29.6 Å². The molecular formula is C12H16FNO3. The van der Waals surface area contributed by atoms with Gasteiger partial charge in [-0.3, -0.25) is 4.79 Å². The summed E-state index contributed by atoms with van der Waals surface area (Å²) in [6.45, 7) is 2.17. The predicted octanol–water partition coefficient (Wildman–Crippen LogP) is 1.79. The monoisotopic (exact) mass is 241 g/mol. The molecule has 5 heteroatoms. The highest BCUT2D eigenvalue weighted by Crippen LogP contribution is 2.22. The third-order valence-corrected chi connectivity index (χ3v) is 2.30. The van der Waals surface area contributed by atoms with Gasteiger partial charge in [0.25, 0.3) is 0 Å². The molecule has 94 valence electrons. The van der Waals surface area contributed by atoms with Crippen LogP contribution in [0.2, 0.25) is 0 Å². The van der Waals surface area contributed by atoms with Crippen molar-refractivity contribution in [2.45, 2.75) is 19.4 Å². The Kier molecular flexibility index (Phi) is 4.90. The van der Waals surface area contributed by atoms with Gasteiger partial charge in [-0.25, -0.2) is 4.39 Å². The molecule has 1 aromatic carbocycles. The maximum absolute atomic E-state index is 13.5. The van der Waals surface area contributed by atoms with Gasteiger partial charge in [-0.1, -0.05) is 6.07 Å². The van der Waals surface area contributed by atoms with E-state index in [1.165, 1.54) is 19.2 Å². The number of carbonyl (C=O) groups is 1. The fourth-order valence-corrected chi connectivity index (χ4v) is 1.40. The minimum atomic E-state index is -0.576. The van der Waals surface area contributed by atoms with Crippen LogP contribution in [-0.2, 0) is 9.53 Å². The van der Waals surface area contributed by atoms with Gasteiger partial charge in [-0.15, -0.1) is 0 Å². The molecule has 0 saturated heterocycles. The van der Waals surface area contributed by atoms with E-state index in [0.29, 0.717) is 12.2 Å². The Morgan fingerprint density at radius 3 is 2.76 bits per heavy atom. The van der Waals surface area contributed by atoms with Crippen LogP contribution in [-0.4, -0.2) is 19.7 Å². The largest absolute Gasteiger partial charge is 0.491 e. The molecule has 17 heavy (non-hydrogen) atoms. The summed E-state index contributed by atoms with van der Waals surface area (Å²) >= 11 is 0. The molecule has 0 spiro atoms. The highest BCUT2D eigenvalue weighted by Gasteiger charge is 2.14. The molecule has 1 aromatic rings. The lowest BCUT2D eigenvalue weighted by Crippen LogP contribution is -2.16. The molecule has 0 fully saturated rings. The lowest BCUT2D eigenvalue weighted by atomic mass is 10.0. The third kappa shape index (κ3) is 3.71. The summed E-state index contributed by atoms with van der Waals surface area (Å²) < 4.78 is 23.1. The molecule has 0 amide bonds. The Morgan fingerprint density at radius 2 is 2.24 bits per heavy atom. The number of halogens is 1. The summed E-state index contributed by atoms with van der Waals surface area (Å²) in [6, 6.07) is 3.85. The Hall–Kier alpha value is -1.62. The minimum Gasteiger partial charge on any atom is -0.491 e. The van der Waals surface area contributed by atoms with Crippen molar-refractivity contribution in [1.82, 2.24) is 0 Å².